The summed E-state index contributed by atoms with van der Waals surface area (Å²) in [5.41, 5.74) is 3.41. The molecule has 1 atom stereocenters. The standard InChI is InChI=1S/C21H27NO3/c1-5-19(25-20-8-6-7-16(3)17(20)4)21(23)22-13-14-24-18-11-9-15(2)10-12-18/h6-12,19H,5,13-14H2,1-4H3,(H,22,23). The Kier molecular flexibility index (Phi) is 6.87. The van der Waals surface area contributed by atoms with E-state index < -0.39 is 6.10 Å². The molecular weight excluding hydrogens is 314 g/mol. The van der Waals surface area contributed by atoms with Crippen LogP contribution in [-0.4, -0.2) is 25.2 Å². The Morgan fingerprint density at radius 3 is 2.48 bits per heavy atom. The molecule has 0 heterocycles. The summed E-state index contributed by atoms with van der Waals surface area (Å²) in [6, 6.07) is 13.7. The zero-order valence-electron chi connectivity index (χ0n) is 15.5. The first kappa shape index (κ1) is 18.8. The van der Waals surface area contributed by atoms with Crippen molar-refractivity contribution in [2.24, 2.45) is 0 Å². The topological polar surface area (TPSA) is 47.6 Å². The van der Waals surface area contributed by atoms with Crippen LogP contribution in [0.2, 0.25) is 0 Å². The third-order valence-corrected chi connectivity index (χ3v) is 4.18. The highest BCUT2D eigenvalue weighted by molar-refractivity contribution is 5.81. The highest BCUT2D eigenvalue weighted by Gasteiger charge is 2.19. The number of hydrogen-bond acceptors (Lipinski definition) is 3. The van der Waals surface area contributed by atoms with Crippen LogP contribution in [-0.2, 0) is 4.79 Å². The van der Waals surface area contributed by atoms with Gasteiger partial charge in [-0.1, -0.05) is 36.8 Å². The first-order valence-corrected chi connectivity index (χ1v) is 8.71. The van der Waals surface area contributed by atoms with Crippen molar-refractivity contribution < 1.29 is 14.3 Å². The fourth-order valence-electron chi connectivity index (χ4n) is 2.42. The van der Waals surface area contributed by atoms with Gasteiger partial charge < -0.3 is 14.8 Å². The minimum absolute atomic E-state index is 0.115. The maximum absolute atomic E-state index is 12.3. The number of rotatable bonds is 8. The van der Waals surface area contributed by atoms with Crippen LogP contribution >= 0.6 is 0 Å². The van der Waals surface area contributed by atoms with E-state index in [4.69, 9.17) is 9.47 Å². The molecule has 4 heteroatoms. The van der Waals surface area contributed by atoms with Gasteiger partial charge in [-0.2, -0.15) is 0 Å². The van der Waals surface area contributed by atoms with Gasteiger partial charge in [0, 0.05) is 0 Å². The Morgan fingerprint density at radius 1 is 1.08 bits per heavy atom. The van der Waals surface area contributed by atoms with E-state index in [1.165, 1.54) is 5.56 Å². The predicted molar refractivity (Wildman–Crippen MR) is 100 cm³/mol. The molecule has 0 saturated heterocycles. The molecule has 0 aromatic heterocycles. The van der Waals surface area contributed by atoms with Crippen LogP contribution in [0, 0.1) is 20.8 Å². The van der Waals surface area contributed by atoms with Gasteiger partial charge in [0.05, 0.1) is 6.54 Å². The second kappa shape index (κ2) is 9.11. The number of carbonyl (C=O) groups excluding carboxylic acids is 1. The quantitative estimate of drug-likeness (QED) is 0.739. The highest BCUT2D eigenvalue weighted by atomic mass is 16.5. The molecule has 0 aliphatic carbocycles. The molecule has 2 aromatic rings. The van der Waals surface area contributed by atoms with Gasteiger partial charge in [0.15, 0.2) is 6.10 Å². The van der Waals surface area contributed by atoms with Crippen molar-refractivity contribution in [2.75, 3.05) is 13.2 Å². The molecule has 25 heavy (non-hydrogen) atoms. The van der Waals surface area contributed by atoms with Crippen LogP contribution < -0.4 is 14.8 Å². The average Bonchev–Trinajstić information content (AvgIpc) is 2.61. The lowest BCUT2D eigenvalue weighted by Gasteiger charge is -2.19. The number of nitrogens with one attached hydrogen (secondary N) is 1. The molecule has 2 aromatic carbocycles. The summed E-state index contributed by atoms with van der Waals surface area (Å²) in [5.74, 6) is 1.45. The second-order valence-electron chi connectivity index (χ2n) is 6.17. The van der Waals surface area contributed by atoms with Gasteiger partial charge in [-0.3, -0.25) is 4.79 Å². The van der Waals surface area contributed by atoms with Crippen LogP contribution in [0.25, 0.3) is 0 Å². The Balaban J connectivity index is 1.81. The maximum Gasteiger partial charge on any atom is 0.261 e. The summed E-state index contributed by atoms with van der Waals surface area (Å²) in [5, 5.41) is 2.88. The van der Waals surface area contributed by atoms with Crippen molar-refractivity contribution in [3.63, 3.8) is 0 Å². The Morgan fingerprint density at radius 2 is 1.80 bits per heavy atom. The van der Waals surface area contributed by atoms with E-state index in [2.05, 4.69) is 5.32 Å². The number of benzene rings is 2. The molecule has 0 aliphatic heterocycles. The molecule has 1 N–H and O–H groups in total. The number of aryl methyl sites for hydroxylation is 2. The van der Waals surface area contributed by atoms with Crippen molar-refractivity contribution in [1.29, 1.82) is 0 Å². The monoisotopic (exact) mass is 341 g/mol. The normalized spacial score (nSPS) is 11.7. The van der Waals surface area contributed by atoms with E-state index in [0.29, 0.717) is 19.6 Å². The second-order valence-corrected chi connectivity index (χ2v) is 6.17. The molecule has 0 bridgehead atoms. The summed E-state index contributed by atoms with van der Waals surface area (Å²) >= 11 is 0. The van der Waals surface area contributed by atoms with Crippen LogP contribution in [0.15, 0.2) is 42.5 Å². The summed E-state index contributed by atoms with van der Waals surface area (Å²) < 4.78 is 11.5. The number of ether oxygens (including phenoxy) is 2. The zero-order valence-corrected chi connectivity index (χ0v) is 15.5. The molecule has 0 fully saturated rings. The average molecular weight is 341 g/mol. The van der Waals surface area contributed by atoms with E-state index >= 15 is 0 Å². The van der Waals surface area contributed by atoms with Crippen LogP contribution in [0.4, 0.5) is 0 Å². The third-order valence-electron chi connectivity index (χ3n) is 4.18. The van der Waals surface area contributed by atoms with E-state index in [9.17, 15) is 4.79 Å². The molecule has 0 radical (unpaired) electrons. The van der Waals surface area contributed by atoms with Crippen molar-refractivity contribution >= 4 is 5.91 Å². The van der Waals surface area contributed by atoms with Crippen molar-refractivity contribution in [1.82, 2.24) is 5.32 Å². The molecule has 2 rings (SSSR count). The summed E-state index contributed by atoms with van der Waals surface area (Å²) in [6.07, 6.45) is 0.109. The van der Waals surface area contributed by atoms with Gasteiger partial charge in [-0.25, -0.2) is 0 Å². The van der Waals surface area contributed by atoms with Crippen LogP contribution in [0.5, 0.6) is 11.5 Å². The van der Waals surface area contributed by atoms with E-state index in [-0.39, 0.29) is 5.91 Å². The molecule has 4 nitrogen and oxygen atoms in total. The number of carbonyl (C=O) groups is 1. The SMILES string of the molecule is CCC(Oc1cccc(C)c1C)C(=O)NCCOc1ccc(C)cc1. The molecule has 1 unspecified atom stereocenters. The maximum atomic E-state index is 12.3. The van der Waals surface area contributed by atoms with Crippen molar-refractivity contribution in [3.8, 4) is 11.5 Å². The highest BCUT2D eigenvalue weighted by Crippen LogP contribution is 2.22. The third kappa shape index (κ3) is 5.52. The molecule has 0 saturated carbocycles. The minimum atomic E-state index is -0.500. The summed E-state index contributed by atoms with van der Waals surface area (Å²) in [6.45, 7) is 8.88. The number of hydrogen-bond donors (Lipinski definition) is 1. The first-order chi connectivity index (χ1) is 12.0. The molecule has 0 spiro atoms. The summed E-state index contributed by atoms with van der Waals surface area (Å²) in [7, 11) is 0. The van der Waals surface area contributed by atoms with Crippen molar-refractivity contribution in [3.05, 3.63) is 59.2 Å². The Hall–Kier alpha value is -2.49. The van der Waals surface area contributed by atoms with E-state index in [1.54, 1.807) is 0 Å². The van der Waals surface area contributed by atoms with Gasteiger partial charge in [-0.15, -0.1) is 0 Å². The Bertz CT molecular complexity index is 695. The van der Waals surface area contributed by atoms with Crippen LogP contribution in [0.1, 0.15) is 30.0 Å². The fraction of sp³-hybridized carbons (Fsp3) is 0.381. The minimum Gasteiger partial charge on any atom is -0.492 e. The lowest BCUT2D eigenvalue weighted by molar-refractivity contribution is -0.128. The molecule has 0 aliphatic rings. The lowest BCUT2D eigenvalue weighted by Crippen LogP contribution is -2.39. The Labute approximate surface area is 150 Å². The zero-order chi connectivity index (χ0) is 18.2. The van der Waals surface area contributed by atoms with Gasteiger partial charge in [0.1, 0.15) is 18.1 Å². The van der Waals surface area contributed by atoms with Gasteiger partial charge in [0.25, 0.3) is 5.91 Å². The largest absolute Gasteiger partial charge is 0.492 e. The fourth-order valence-corrected chi connectivity index (χ4v) is 2.42. The molecule has 134 valence electrons. The van der Waals surface area contributed by atoms with Gasteiger partial charge >= 0.3 is 0 Å². The summed E-state index contributed by atoms with van der Waals surface area (Å²) in [4.78, 5) is 12.3. The van der Waals surface area contributed by atoms with Crippen LogP contribution in [0.3, 0.4) is 0 Å². The predicted octanol–water partition coefficient (Wildman–Crippen LogP) is 3.96. The lowest BCUT2D eigenvalue weighted by atomic mass is 10.1. The molecule has 1 amide bonds. The molecular formula is C21H27NO3. The van der Waals surface area contributed by atoms with E-state index in [0.717, 1.165) is 22.6 Å². The smallest absolute Gasteiger partial charge is 0.261 e. The van der Waals surface area contributed by atoms with Crippen molar-refractivity contribution in [2.45, 2.75) is 40.2 Å². The number of amides is 1. The first-order valence-electron chi connectivity index (χ1n) is 8.71. The van der Waals surface area contributed by atoms with Gasteiger partial charge in [0.2, 0.25) is 0 Å². The van der Waals surface area contributed by atoms with E-state index in [1.807, 2.05) is 70.2 Å². The van der Waals surface area contributed by atoms with Gasteiger partial charge in [-0.05, 0) is 56.5 Å².